The third-order valence-corrected chi connectivity index (χ3v) is 2.14. The fraction of sp³-hybridized carbons (Fsp3) is 1.00. The molecule has 1 rings (SSSR count). The van der Waals surface area contributed by atoms with Gasteiger partial charge in [-0.1, -0.05) is 0 Å². The molecule has 0 aromatic heterocycles. The van der Waals surface area contributed by atoms with Crippen molar-refractivity contribution in [2.24, 2.45) is 5.73 Å². The van der Waals surface area contributed by atoms with Crippen LogP contribution in [-0.4, -0.2) is 37.0 Å². The maximum Gasteiger partial charge on any atom is 0.251 e. The van der Waals surface area contributed by atoms with E-state index < -0.39 is 6.43 Å². The van der Waals surface area contributed by atoms with Crippen LogP contribution in [0.4, 0.5) is 8.78 Å². The van der Waals surface area contributed by atoms with E-state index in [9.17, 15) is 8.78 Å². The molecular formula is C7H14F2N2. The van der Waals surface area contributed by atoms with Crippen LogP contribution in [0.25, 0.3) is 0 Å². The standard InChI is InChI=1S/C7H14F2N2/c8-7(9)5-11-3-1-2-6(11)4-10/h6-7H,1-5,10H2/t6-/m0/s1. The van der Waals surface area contributed by atoms with E-state index in [4.69, 9.17) is 5.73 Å². The number of halogens is 2. The van der Waals surface area contributed by atoms with Crippen molar-refractivity contribution in [2.75, 3.05) is 19.6 Å². The van der Waals surface area contributed by atoms with Gasteiger partial charge >= 0.3 is 0 Å². The zero-order valence-corrected chi connectivity index (χ0v) is 6.47. The summed E-state index contributed by atoms with van der Waals surface area (Å²) in [6.45, 7) is 1.18. The van der Waals surface area contributed by atoms with Gasteiger partial charge < -0.3 is 5.73 Å². The predicted octanol–water partition coefficient (Wildman–Crippen LogP) is 0.675. The minimum absolute atomic E-state index is 0.109. The Morgan fingerprint density at radius 3 is 2.82 bits per heavy atom. The van der Waals surface area contributed by atoms with E-state index in [2.05, 4.69) is 0 Å². The number of nitrogens with zero attached hydrogens (tertiary/aromatic N) is 1. The SMILES string of the molecule is NC[C@@H]1CCCN1CC(F)F. The molecule has 66 valence electrons. The number of likely N-dealkylation sites (tertiary alicyclic amines) is 1. The topological polar surface area (TPSA) is 29.3 Å². The Balaban J connectivity index is 2.31. The summed E-state index contributed by atoms with van der Waals surface area (Å²) in [6, 6.07) is 0.198. The lowest BCUT2D eigenvalue weighted by Gasteiger charge is -2.22. The molecule has 1 aliphatic heterocycles. The molecule has 1 aliphatic rings. The van der Waals surface area contributed by atoms with E-state index in [0.29, 0.717) is 6.54 Å². The summed E-state index contributed by atoms with van der Waals surface area (Å²) in [4.78, 5) is 1.78. The third kappa shape index (κ3) is 2.38. The van der Waals surface area contributed by atoms with Gasteiger partial charge in [-0.3, -0.25) is 4.90 Å². The van der Waals surface area contributed by atoms with Crippen LogP contribution >= 0.6 is 0 Å². The minimum atomic E-state index is -2.22. The Morgan fingerprint density at radius 2 is 2.27 bits per heavy atom. The first-order valence-corrected chi connectivity index (χ1v) is 3.96. The van der Waals surface area contributed by atoms with Gasteiger partial charge in [0.05, 0.1) is 6.54 Å². The maximum atomic E-state index is 11.9. The minimum Gasteiger partial charge on any atom is -0.329 e. The molecule has 1 heterocycles. The molecule has 1 atom stereocenters. The Kier molecular flexibility index (Phi) is 3.20. The quantitative estimate of drug-likeness (QED) is 0.664. The van der Waals surface area contributed by atoms with Crippen LogP contribution in [0.1, 0.15) is 12.8 Å². The van der Waals surface area contributed by atoms with Crippen molar-refractivity contribution in [3.8, 4) is 0 Å². The fourth-order valence-corrected chi connectivity index (χ4v) is 1.58. The lowest BCUT2D eigenvalue weighted by molar-refractivity contribution is 0.0837. The van der Waals surface area contributed by atoms with Gasteiger partial charge in [0, 0.05) is 12.6 Å². The number of hydrogen-bond donors (Lipinski definition) is 1. The highest BCUT2D eigenvalue weighted by Gasteiger charge is 2.25. The van der Waals surface area contributed by atoms with Crippen molar-refractivity contribution >= 4 is 0 Å². The van der Waals surface area contributed by atoms with E-state index in [1.165, 1.54) is 0 Å². The number of nitrogens with two attached hydrogens (primary N) is 1. The second-order valence-corrected chi connectivity index (χ2v) is 2.92. The van der Waals surface area contributed by atoms with Crippen LogP contribution in [0.2, 0.25) is 0 Å². The van der Waals surface area contributed by atoms with Gasteiger partial charge in [0.25, 0.3) is 6.43 Å². The van der Waals surface area contributed by atoms with Crippen molar-refractivity contribution in [3.05, 3.63) is 0 Å². The normalized spacial score (nSPS) is 26.7. The molecule has 0 aliphatic carbocycles. The van der Waals surface area contributed by atoms with Crippen LogP contribution in [0.3, 0.4) is 0 Å². The molecule has 0 aromatic rings. The van der Waals surface area contributed by atoms with Crippen molar-refractivity contribution in [3.63, 3.8) is 0 Å². The fourth-order valence-electron chi connectivity index (χ4n) is 1.58. The number of rotatable bonds is 3. The van der Waals surface area contributed by atoms with Crippen LogP contribution in [0.5, 0.6) is 0 Å². The van der Waals surface area contributed by atoms with Gasteiger partial charge in [-0.15, -0.1) is 0 Å². The van der Waals surface area contributed by atoms with E-state index in [-0.39, 0.29) is 12.6 Å². The van der Waals surface area contributed by atoms with E-state index in [1.807, 2.05) is 0 Å². The molecule has 1 saturated heterocycles. The first kappa shape index (κ1) is 8.87. The second-order valence-electron chi connectivity index (χ2n) is 2.92. The monoisotopic (exact) mass is 164 g/mol. The lowest BCUT2D eigenvalue weighted by atomic mass is 10.2. The molecule has 0 saturated carbocycles. The zero-order chi connectivity index (χ0) is 8.27. The van der Waals surface area contributed by atoms with Gasteiger partial charge in [-0.2, -0.15) is 0 Å². The van der Waals surface area contributed by atoms with Gasteiger partial charge in [0.1, 0.15) is 0 Å². The van der Waals surface area contributed by atoms with Crippen molar-refractivity contribution < 1.29 is 8.78 Å². The largest absolute Gasteiger partial charge is 0.329 e. The third-order valence-electron chi connectivity index (χ3n) is 2.14. The maximum absolute atomic E-state index is 11.9. The molecule has 2 nitrogen and oxygen atoms in total. The molecule has 1 fully saturated rings. The Hall–Kier alpha value is -0.220. The Morgan fingerprint density at radius 1 is 1.55 bits per heavy atom. The van der Waals surface area contributed by atoms with Crippen LogP contribution in [0, 0.1) is 0 Å². The second kappa shape index (κ2) is 3.97. The summed E-state index contributed by atoms with van der Waals surface area (Å²) in [7, 11) is 0. The molecule has 0 amide bonds. The zero-order valence-electron chi connectivity index (χ0n) is 6.47. The highest BCUT2D eigenvalue weighted by atomic mass is 19.3. The molecule has 4 heteroatoms. The number of hydrogen-bond acceptors (Lipinski definition) is 2. The number of alkyl halides is 2. The van der Waals surface area contributed by atoms with Gasteiger partial charge in [-0.05, 0) is 19.4 Å². The summed E-state index contributed by atoms with van der Waals surface area (Å²) >= 11 is 0. The van der Waals surface area contributed by atoms with Crippen molar-refractivity contribution in [2.45, 2.75) is 25.3 Å². The Bertz CT molecular complexity index is 119. The molecule has 0 spiro atoms. The predicted molar refractivity (Wildman–Crippen MR) is 39.7 cm³/mol. The molecule has 0 bridgehead atoms. The first-order chi connectivity index (χ1) is 5.24. The molecule has 2 N–H and O–H groups in total. The van der Waals surface area contributed by atoms with E-state index in [0.717, 1.165) is 19.4 Å². The smallest absolute Gasteiger partial charge is 0.251 e. The summed E-state index contributed by atoms with van der Waals surface area (Å²) in [5.41, 5.74) is 5.41. The van der Waals surface area contributed by atoms with Gasteiger partial charge in [0.15, 0.2) is 0 Å². The molecule has 11 heavy (non-hydrogen) atoms. The van der Waals surface area contributed by atoms with Gasteiger partial charge in [-0.25, -0.2) is 8.78 Å². The first-order valence-electron chi connectivity index (χ1n) is 3.96. The van der Waals surface area contributed by atoms with Crippen LogP contribution in [-0.2, 0) is 0 Å². The lowest BCUT2D eigenvalue weighted by Crippen LogP contribution is -2.38. The molecule has 0 radical (unpaired) electrons. The van der Waals surface area contributed by atoms with Crippen LogP contribution in [0.15, 0.2) is 0 Å². The average molecular weight is 164 g/mol. The van der Waals surface area contributed by atoms with E-state index in [1.54, 1.807) is 4.90 Å². The summed E-state index contributed by atoms with van der Waals surface area (Å²) in [5.74, 6) is 0. The van der Waals surface area contributed by atoms with Gasteiger partial charge in [0.2, 0.25) is 0 Å². The highest BCUT2D eigenvalue weighted by molar-refractivity contribution is 4.79. The highest BCUT2D eigenvalue weighted by Crippen LogP contribution is 2.16. The summed E-state index contributed by atoms with van der Waals surface area (Å²) in [6.07, 6.45) is -0.236. The summed E-state index contributed by atoms with van der Waals surface area (Å²) < 4.78 is 23.8. The van der Waals surface area contributed by atoms with Crippen LogP contribution < -0.4 is 5.73 Å². The molecule has 0 aromatic carbocycles. The Labute approximate surface area is 65.4 Å². The molecular weight excluding hydrogens is 150 g/mol. The summed E-state index contributed by atoms with van der Waals surface area (Å²) in [5, 5.41) is 0. The molecule has 0 unspecified atom stereocenters. The van der Waals surface area contributed by atoms with Crippen molar-refractivity contribution in [1.29, 1.82) is 0 Å². The van der Waals surface area contributed by atoms with Crippen molar-refractivity contribution in [1.82, 2.24) is 4.90 Å². The van der Waals surface area contributed by atoms with E-state index >= 15 is 0 Å². The average Bonchev–Trinajstić information content (AvgIpc) is 2.34.